The number of hydrogen-bond acceptors (Lipinski definition) is 0. The molecule has 0 atom stereocenters. The summed E-state index contributed by atoms with van der Waals surface area (Å²) in [6, 6.07) is 28.1. The van der Waals surface area contributed by atoms with Gasteiger partial charge in [0.2, 0.25) is 0 Å². The molecule has 0 radical (unpaired) electrons. The molecule has 0 saturated heterocycles. The number of hydrogen-bond donors (Lipinski definition) is 0. The van der Waals surface area contributed by atoms with Gasteiger partial charge in [-0.1, -0.05) is 66.6 Å². The third-order valence-electron chi connectivity index (χ3n) is 4.90. The normalized spacial score (nSPS) is 10.8. The van der Waals surface area contributed by atoms with Gasteiger partial charge in [0.05, 0.1) is 0 Å². The lowest BCUT2D eigenvalue weighted by atomic mass is 9.93. The average molecular weight is 320 g/mol. The minimum atomic E-state index is 0.948. The van der Waals surface area contributed by atoms with Crippen LogP contribution in [0, 0.1) is 12.3 Å². The summed E-state index contributed by atoms with van der Waals surface area (Å²) in [5.74, 6) is 2.68. The first kappa shape index (κ1) is 15.5. The maximum absolute atomic E-state index is 5.43. The fraction of sp³-hybridized carbons (Fsp3) is 0.120. The minimum Gasteiger partial charge on any atom is -0.115 e. The van der Waals surface area contributed by atoms with Crippen molar-refractivity contribution in [2.24, 2.45) is 0 Å². The Hall–Kier alpha value is -3.04. The highest BCUT2D eigenvalue weighted by Gasteiger charge is 2.07. The Labute approximate surface area is 149 Å². The van der Waals surface area contributed by atoms with E-state index in [1.54, 1.807) is 0 Å². The van der Waals surface area contributed by atoms with Gasteiger partial charge in [-0.2, -0.15) is 0 Å². The second-order valence-corrected chi connectivity index (χ2v) is 6.49. The van der Waals surface area contributed by atoms with E-state index in [0.29, 0.717) is 0 Å². The Morgan fingerprint density at radius 1 is 0.680 bits per heavy atom. The smallest absolute Gasteiger partial charge is 0.0242 e. The lowest BCUT2D eigenvalue weighted by Gasteiger charge is -2.12. The summed E-state index contributed by atoms with van der Waals surface area (Å²) in [6.07, 6.45) is 8.72. The summed E-state index contributed by atoms with van der Waals surface area (Å²) >= 11 is 0. The van der Waals surface area contributed by atoms with Gasteiger partial charge < -0.3 is 0 Å². The van der Waals surface area contributed by atoms with E-state index in [1.165, 1.54) is 32.7 Å². The summed E-state index contributed by atoms with van der Waals surface area (Å²) in [5.41, 5.74) is 3.77. The van der Waals surface area contributed by atoms with Crippen molar-refractivity contribution in [2.75, 3.05) is 0 Å². The van der Waals surface area contributed by atoms with Gasteiger partial charge in [0, 0.05) is 5.56 Å². The molecule has 0 aliphatic rings. The summed E-state index contributed by atoms with van der Waals surface area (Å²) in [7, 11) is 0. The highest BCUT2D eigenvalue weighted by atomic mass is 14.1. The van der Waals surface area contributed by atoms with E-state index in [0.717, 1.165) is 24.8 Å². The number of rotatable bonds is 4. The zero-order valence-electron chi connectivity index (χ0n) is 14.2. The van der Waals surface area contributed by atoms with Crippen molar-refractivity contribution in [1.29, 1.82) is 0 Å². The maximum atomic E-state index is 5.43. The summed E-state index contributed by atoms with van der Waals surface area (Å²) < 4.78 is 0. The fourth-order valence-corrected chi connectivity index (χ4v) is 3.61. The molecule has 0 nitrogen and oxygen atoms in total. The molecule has 0 saturated carbocycles. The van der Waals surface area contributed by atoms with Gasteiger partial charge in [-0.05, 0) is 70.1 Å². The van der Waals surface area contributed by atoms with Crippen molar-refractivity contribution in [3.05, 3.63) is 95.6 Å². The third-order valence-corrected chi connectivity index (χ3v) is 4.90. The van der Waals surface area contributed by atoms with Crippen LogP contribution in [0.15, 0.2) is 78.9 Å². The molecule has 0 aliphatic heterocycles. The van der Waals surface area contributed by atoms with Crippen molar-refractivity contribution in [3.63, 3.8) is 0 Å². The van der Waals surface area contributed by atoms with Crippen LogP contribution in [0.25, 0.3) is 21.5 Å². The van der Waals surface area contributed by atoms with E-state index in [2.05, 4.69) is 72.7 Å². The molecule has 120 valence electrons. The lowest BCUT2D eigenvalue weighted by Crippen LogP contribution is -1.93. The molecule has 4 aromatic rings. The average Bonchev–Trinajstić information content (AvgIpc) is 2.68. The molecule has 0 heterocycles. The van der Waals surface area contributed by atoms with E-state index in [-0.39, 0.29) is 0 Å². The zero-order chi connectivity index (χ0) is 17.1. The molecule has 0 amide bonds. The van der Waals surface area contributed by atoms with E-state index in [4.69, 9.17) is 6.42 Å². The first-order valence-corrected chi connectivity index (χ1v) is 8.80. The van der Waals surface area contributed by atoms with Crippen LogP contribution in [0.5, 0.6) is 0 Å². The monoisotopic (exact) mass is 320 g/mol. The van der Waals surface area contributed by atoms with Crippen LogP contribution in [0.2, 0.25) is 0 Å². The summed E-state index contributed by atoms with van der Waals surface area (Å²) in [5, 5.41) is 5.41. The Kier molecular flexibility index (Phi) is 4.23. The molecule has 0 unspecified atom stereocenters. The van der Waals surface area contributed by atoms with E-state index < -0.39 is 0 Å². The SMILES string of the molecule is C#Cc1ccc(CCCc2c3ccccc3cc3ccccc23)cc1. The predicted octanol–water partition coefficient (Wildman–Crippen LogP) is 6.15. The quantitative estimate of drug-likeness (QED) is 0.312. The fourth-order valence-electron chi connectivity index (χ4n) is 3.61. The van der Waals surface area contributed by atoms with Gasteiger partial charge in [-0.3, -0.25) is 0 Å². The van der Waals surface area contributed by atoms with Crippen LogP contribution in [0.3, 0.4) is 0 Å². The molecular weight excluding hydrogens is 300 g/mol. The largest absolute Gasteiger partial charge is 0.115 e. The zero-order valence-corrected chi connectivity index (χ0v) is 14.2. The molecule has 0 fully saturated rings. The number of aryl methyl sites for hydroxylation is 2. The van der Waals surface area contributed by atoms with Crippen LogP contribution in [-0.2, 0) is 12.8 Å². The number of benzene rings is 4. The van der Waals surface area contributed by atoms with Crippen LogP contribution in [-0.4, -0.2) is 0 Å². The Balaban J connectivity index is 1.64. The molecule has 4 aromatic carbocycles. The Morgan fingerprint density at radius 3 is 1.88 bits per heavy atom. The van der Waals surface area contributed by atoms with Gasteiger partial charge in [0.25, 0.3) is 0 Å². The minimum absolute atomic E-state index is 0.948. The van der Waals surface area contributed by atoms with Gasteiger partial charge in [0.1, 0.15) is 0 Å². The Bertz CT molecular complexity index is 1010. The highest BCUT2D eigenvalue weighted by molar-refractivity contribution is 6.02. The van der Waals surface area contributed by atoms with Crippen molar-refractivity contribution < 1.29 is 0 Å². The van der Waals surface area contributed by atoms with Crippen molar-refractivity contribution in [3.8, 4) is 12.3 Å². The molecule has 4 rings (SSSR count). The second-order valence-electron chi connectivity index (χ2n) is 6.49. The Morgan fingerprint density at radius 2 is 1.28 bits per heavy atom. The molecule has 0 aliphatic carbocycles. The van der Waals surface area contributed by atoms with E-state index >= 15 is 0 Å². The van der Waals surface area contributed by atoms with Crippen LogP contribution in [0.1, 0.15) is 23.1 Å². The van der Waals surface area contributed by atoms with Crippen LogP contribution < -0.4 is 0 Å². The molecule has 0 heteroatoms. The summed E-state index contributed by atoms with van der Waals surface area (Å²) in [6.45, 7) is 0. The molecule has 0 bridgehead atoms. The van der Waals surface area contributed by atoms with Gasteiger partial charge in [0.15, 0.2) is 0 Å². The van der Waals surface area contributed by atoms with E-state index in [9.17, 15) is 0 Å². The number of fused-ring (bicyclic) bond motifs is 2. The van der Waals surface area contributed by atoms with Crippen molar-refractivity contribution in [2.45, 2.75) is 19.3 Å². The van der Waals surface area contributed by atoms with E-state index in [1.807, 2.05) is 12.1 Å². The standard InChI is InChI=1S/C25H20/c1-2-19-14-16-20(17-15-19)8-7-13-25-23-11-5-3-9-21(23)18-22-10-4-6-12-24(22)25/h1,3-6,9-12,14-18H,7-8,13H2. The third kappa shape index (κ3) is 3.14. The molecule has 25 heavy (non-hydrogen) atoms. The van der Waals surface area contributed by atoms with Crippen LogP contribution >= 0.6 is 0 Å². The maximum Gasteiger partial charge on any atom is 0.0242 e. The topological polar surface area (TPSA) is 0 Å². The molecule has 0 aromatic heterocycles. The van der Waals surface area contributed by atoms with Crippen molar-refractivity contribution >= 4 is 21.5 Å². The van der Waals surface area contributed by atoms with Gasteiger partial charge >= 0.3 is 0 Å². The molecule has 0 N–H and O–H groups in total. The summed E-state index contributed by atoms with van der Waals surface area (Å²) in [4.78, 5) is 0. The predicted molar refractivity (Wildman–Crippen MR) is 108 cm³/mol. The second kappa shape index (κ2) is 6.83. The highest BCUT2D eigenvalue weighted by Crippen LogP contribution is 2.29. The first-order valence-electron chi connectivity index (χ1n) is 8.80. The molecular formula is C25H20. The number of terminal acetylenes is 1. The lowest BCUT2D eigenvalue weighted by molar-refractivity contribution is 0.829. The molecule has 0 spiro atoms. The van der Waals surface area contributed by atoms with Crippen molar-refractivity contribution in [1.82, 2.24) is 0 Å². The van der Waals surface area contributed by atoms with Crippen LogP contribution in [0.4, 0.5) is 0 Å². The van der Waals surface area contributed by atoms with Gasteiger partial charge in [-0.25, -0.2) is 0 Å². The van der Waals surface area contributed by atoms with Gasteiger partial charge in [-0.15, -0.1) is 6.42 Å². The first-order chi connectivity index (χ1) is 12.3.